The molecule has 160 valence electrons. The fourth-order valence-corrected chi connectivity index (χ4v) is 4.40. The first-order chi connectivity index (χ1) is 15.7. The largest absolute Gasteiger partial charge is 0.403 e. The quantitative estimate of drug-likeness (QED) is 0.467. The molecule has 1 atom stereocenters. The lowest BCUT2D eigenvalue weighted by Crippen LogP contribution is -2.36. The van der Waals surface area contributed by atoms with Crippen LogP contribution in [0.5, 0.6) is 0 Å². The molecule has 1 aliphatic heterocycles. The molecular weight excluding hydrogens is 404 g/mol. The highest BCUT2D eigenvalue weighted by Gasteiger charge is 2.36. The van der Waals surface area contributed by atoms with E-state index in [1.807, 2.05) is 28.9 Å². The van der Waals surface area contributed by atoms with Gasteiger partial charge in [0.1, 0.15) is 6.04 Å². The van der Waals surface area contributed by atoms with E-state index >= 15 is 0 Å². The Morgan fingerprint density at radius 2 is 2.12 bits per heavy atom. The second kappa shape index (κ2) is 7.30. The molecule has 0 amide bonds. The molecule has 1 aliphatic rings. The molecule has 0 aliphatic carbocycles. The van der Waals surface area contributed by atoms with E-state index < -0.39 is 0 Å². The molecule has 32 heavy (non-hydrogen) atoms. The highest BCUT2D eigenvalue weighted by Crippen LogP contribution is 2.37. The van der Waals surface area contributed by atoms with Gasteiger partial charge in [-0.05, 0) is 35.7 Å². The number of H-pyrrole nitrogens is 1. The lowest BCUT2D eigenvalue weighted by atomic mass is 9.99. The van der Waals surface area contributed by atoms with E-state index in [9.17, 15) is 0 Å². The van der Waals surface area contributed by atoms with Gasteiger partial charge >= 0.3 is 6.01 Å². The zero-order chi connectivity index (χ0) is 21.7. The molecule has 9 nitrogen and oxygen atoms in total. The van der Waals surface area contributed by atoms with Crippen LogP contribution < -0.4 is 4.90 Å². The van der Waals surface area contributed by atoms with E-state index in [0.29, 0.717) is 24.4 Å². The number of hydrogen-bond donors (Lipinski definition) is 1. The number of rotatable bonds is 4. The van der Waals surface area contributed by atoms with Gasteiger partial charge in [0.25, 0.3) is 5.89 Å². The molecule has 5 aromatic rings. The number of anilines is 1. The highest BCUT2D eigenvalue weighted by atomic mass is 16.4. The van der Waals surface area contributed by atoms with Crippen LogP contribution in [0.4, 0.5) is 6.01 Å². The summed E-state index contributed by atoms with van der Waals surface area (Å²) in [5, 5.41) is 13.5. The fourth-order valence-electron chi connectivity index (χ4n) is 4.40. The van der Waals surface area contributed by atoms with Crippen LogP contribution in [0.25, 0.3) is 17.0 Å². The number of aromatic nitrogens is 7. The van der Waals surface area contributed by atoms with Gasteiger partial charge < -0.3 is 14.3 Å². The lowest BCUT2D eigenvalue weighted by molar-refractivity contribution is 0.503. The van der Waals surface area contributed by atoms with E-state index in [2.05, 4.69) is 56.0 Å². The Bertz CT molecular complexity index is 1380. The van der Waals surface area contributed by atoms with Crippen LogP contribution in [0, 0.1) is 0 Å². The average Bonchev–Trinajstić information content (AvgIpc) is 3.57. The van der Waals surface area contributed by atoms with Gasteiger partial charge in [0.15, 0.2) is 0 Å². The maximum absolute atomic E-state index is 6.08. The first kappa shape index (κ1) is 18.7. The van der Waals surface area contributed by atoms with Crippen molar-refractivity contribution < 1.29 is 4.42 Å². The summed E-state index contributed by atoms with van der Waals surface area (Å²) in [5.41, 5.74) is 6.09. The molecule has 6 rings (SSSR count). The van der Waals surface area contributed by atoms with E-state index in [-0.39, 0.29) is 6.04 Å². The van der Waals surface area contributed by atoms with E-state index in [4.69, 9.17) is 9.52 Å². The number of pyridine rings is 2. The van der Waals surface area contributed by atoms with Crippen molar-refractivity contribution in [3.63, 3.8) is 0 Å². The lowest BCUT2D eigenvalue weighted by Gasteiger charge is -2.32. The van der Waals surface area contributed by atoms with Crippen molar-refractivity contribution in [2.75, 3.05) is 11.4 Å². The smallest absolute Gasteiger partial charge is 0.319 e. The first-order valence-corrected chi connectivity index (χ1v) is 10.7. The standard InChI is InChI=1S/C23H22N8O/c1-14(2)16-6-4-9-31-19(16)11-18(29-31)21-20-17(25-13-26-20)7-10-30(21)23-28-27-22(32-23)15-5-3-8-24-12-15/h3-6,8-9,11-14,21H,7,10H2,1-2H3,(H,25,26)/t21-/m0/s1. The van der Waals surface area contributed by atoms with Crippen molar-refractivity contribution in [3.05, 3.63) is 77.9 Å². The second-order valence-corrected chi connectivity index (χ2v) is 8.26. The van der Waals surface area contributed by atoms with Gasteiger partial charge in [-0.25, -0.2) is 9.50 Å². The van der Waals surface area contributed by atoms with Crippen molar-refractivity contribution in [2.45, 2.75) is 32.2 Å². The van der Waals surface area contributed by atoms with E-state index in [1.165, 1.54) is 5.56 Å². The van der Waals surface area contributed by atoms with Gasteiger partial charge in [0.05, 0.1) is 28.8 Å². The Labute approximate surface area is 184 Å². The summed E-state index contributed by atoms with van der Waals surface area (Å²) in [6.07, 6.45) is 7.96. The van der Waals surface area contributed by atoms with Gasteiger partial charge in [0, 0.05) is 37.3 Å². The Kier molecular flexibility index (Phi) is 4.27. The minimum atomic E-state index is -0.230. The van der Waals surface area contributed by atoms with Gasteiger partial charge in [-0.15, -0.1) is 5.10 Å². The summed E-state index contributed by atoms with van der Waals surface area (Å²) in [6, 6.07) is 10.3. The zero-order valence-electron chi connectivity index (χ0n) is 17.8. The normalized spacial score (nSPS) is 16.1. The van der Waals surface area contributed by atoms with Crippen molar-refractivity contribution in [1.29, 1.82) is 0 Å². The average molecular weight is 426 g/mol. The molecule has 9 heteroatoms. The van der Waals surface area contributed by atoms with Crippen LogP contribution in [0.15, 0.2) is 59.7 Å². The van der Waals surface area contributed by atoms with Crippen molar-refractivity contribution >= 4 is 11.5 Å². The van der Waals surface area contributed by atoms with Gasteiger partial charge in [-0.2, -0.15) is 5.10 Å². The second-order valence-electron chi connectivity index (χ2n) is 8.26. The summed E-state index contributed by atoms with van der Waals surface area (Å²) in [5.74, 6) is 0.835. The predicted octanol–water partition coefficient (Wildman–Crippen LogP) is 3.78. The van der Waals surface area contributed by atoms with Crippen LogP contribution in [0.2, 0.25) is 0 Å². The van der Waals surface area contributed by atoms with Crippen LogP contribution in [0.1, 0.15) is 48.5 Å². The van der Waals surface area contributed by atoms with E-state index in [0.717, 1.165) is 34.6 Å². The molecular formula is C23H22N8O. The molecule has 0 bridgehead atoms. The molecule has 0 fully saturated rings. The van der Waals surface area contributed by atoms with Crippen LogP contribution in [-0.2, 0) is 6.42 Å². The van der Waals surface area contributed by atoms with Crippen molar-refractivity contribution in [1.82, 2.24) is 34.8 Å². The Balaban J connectivity index is 1.46. The molecule has 0 unspecified atom stereocenters. The molecule has 0 radical (unpaired) electrons. The third-order valence-corrected chi connectivity index (χ3v) is 5.95. The maximum atomic E-state index is 6.08. The molecule has 0 saturated heterocycles. The predicted molar refractivity (Wildman–Crippen MR) is 118 cm³/mol. The van der Waals surface area contributed by atoms with E-state index in [1.54, 1.807) is 18.7 Å². The molecule has 5 aromatic heterocycles. The Morgan fingerprint density at radius 3 is 2.97 bits per heavy atom. The van der Waals surface area contributed by atoms with Gasteiger partial charge in [-0.1, -0.05) is 25.0 Å². The summed E-state index contributed by atoms with van der Waals surface area (Å²) in [7, 11) is 0. The fraction of sp³-hybridized carbons (Fsp3) is 0.261. The summed E-state index contributed by atoms with van der Waals surface area (Å²) in [4.78, 5) is 14.1. The van der Waals surface area contributed by atoms with Gasteiger partial charge in [-0.3, -0.25) is 4.98 Å². The summed E-state index contributed by atoms with van der Waals surface area (Å²) in [6.45, 7) is 5.09. The molecule has 6 heterocycles. The monoisotopic (exact) mass is 426 g/mol. The highest BCUT2D eigenvalue weighted by molar-refractivity contribution is 5.59. The minimum Gasteiger partial charge on any atom is -0.403 e. The third-order valence-electron chi connectivity index (χ3n) is 5.95. The molecule has 0 spiro atoms. The van der Waals surface area contributed by atoms with Crippen LogP contribution in [0.3, 0.4) is 0 Å². The van der Waals surface area contributed by atoms with Crippen LogP contribution in [-0.4, -0.2) is 41.3 Å². The molecule has 0 saturated carbocycles. The summed E-state index contributed by atoms with van der Waals surface area (Å²) < 4.78 is 8.02. The maximum Gasteiger partial charge on any atom is 0.319 e. The van der Waals surface area contributed by atoms with Gasteiger partial charge in [0.2, 0.25) is 0 Å². The molecule has 0 aromatic carbocycles. The first-order valence-electron chi connectivity index (χ1n) is 10.7. The number of imidazole rings is 1. The number of aromatic amines is 1. The zero-order valence-corrected chi connectivity index (χ0v) is 17.8. The topological polar surface area (TPSA) is 101 Å². The SMILES string of the molecule is CC(C)c1cccn2nc([C@H]3c4nc[nH]c4CCN3c3nnc(-c4cccnc4)o3)cc12. The minimum absolute atomic E-state index is 0.230. The Morgan fingerprint density at radius 1 is 1.19 bits per heavy atom. The Hall–Kier alpha value is -4.01. The summed E-state index contributed by atoms with van der Waals surface area (Å²) >= 11 is 0. The molecule has 1 N–H and O–H groups in total. The third kappa shape index (κ3) is 2.96. The number of fused-ring (bicyclic) bond motifs is 2. The van der Waals surface area contributed by atoms with Crippen LogP contribution >= 0.6 is 0 Å². The number of hydrogen-bond acceptors (Lipinski definition) is 7. The van der Waals surface area contributed by atoms with Crippen molar-refractivity contribution in [2.24, 2.45) is 0 Å². The number of nitrogens with zero attached hydrogens (tertiary/aromatic N) is 7. The van der Waals surface area contributed by atoms with Crippen molar-refractivity contribution in [3.8, 4) is 11.5 Å². The number of nitrogens with one attached hydrogen (secondary N) is 1.